The molecule has 0 amide bonds. The molecule has 3 N–H and O–H groups in total. The van der Waals surface area contributed by atoms with Crippen molar-refractivity contribution in [1.29, 1.82) is 0 Å². The molecule has 0 saturated heterocycles. The van der Waals surface area contributed by atoms with Gasteiger partial charge >= 0.3 is 39.5 Å². The van der Waals surface area contributed by atoms with E-state index in [9.17, 15) is 43.2 Å². The van der Waals surface area contributed by atoms with E-state index in [0.29, 0.717) is 25.7 Å². The first kappa shape index (κ1) is 89.1. The molecule has 0 spiro atoms. The van der Waals surface area contributed by atoms with E-state index in [0.717, 1.165) is 120 Å². The fraction of sp³-hybridized carbons (Fsp3) is 0.944. The minimum atomic E-state index is -4.95. The quantitative estimate of drug-likeness (QED) is 0.0222. The Morgan fingerprint density at radius 2 is 0.527 bits per heavy atom. The van der Waals surface area contributed by atoms with Gasteiger partial charge in [0.15, 0.2) is 12.2 Å². The number of phosphoric acid groups is 2. The van der Waals surface area contributed by atoms with Crippen molar-refractivity contribution in [3.63, 3.8) is 0 Å². The standard InChI is InChI=1S/C72H140O17P2/c1-9-65(8)51-43-35-30-31-37-45-53-70(75)83-59-68(89-72(77)55-47-39-29-22-16-15-19-25-33-41-49-63(4)5)61-87-91(80,81)85-57-66(73)56-84-90(78,79)86-60-67(58-82-69(74)52-44-36-27-23-17-20-26-34-42-50-64(6)7)88-71(76)54-46-38-28-21-14-12-10-11-13-18-24-32-40-48-62(2)3/h62-68,73H,9-61H2,1-8H3,(H,78,79)(H,80,81)/t65?,66-,67-,68-/m1/s1. The Labute approximate surface area is 556 Å². The lowest BCUT2D eigenvalue weighted by Crippen LogP contribution is -2.30. The summed E-state index contributed by atoms with van der Waals surface area (Å²) in [7, 11) is -9.91. The second kappa shape index (κ2) is 61.6. The third kappa shape index (κ3) is 65.1. The van der Waals surface area contributed by atoms with Crippen LogP contribution in [0.25, 0.3) is 0 Å². The molecular formula is C72H140O17P2. The van der Waals surface area contributed by atoms with Gasteiger partial charge in [0, 0.05) is 25.7 Å². The Bertz CT molecular complexity index is 1800. The molecule has 0 radical (unpaired) electrons. The van der Waals surface area contributed by atoms with Crippen LogP contribution in [0.3, 0.4) is 0 Å². The van der Waals surface area contributed by atoms with Crippen molar-refractivity contribution < 1.29 is 80.2 Å². The van der Waals surface area contributed by atoms with Crippen LogP contribution in [0.2, 0.25) is 0 Å². The first-order valence-corrected chi connectivity index (χ1v) is 40.2. The molecule has 6 atom stereocenters. The first-order chi connectivity index (χ1) is 43.6. The molecular weight excluding hydrogens is 1200 g/mol. The topological polar surface area (TPSA) is 237 Å². The highest BCUT2D eigenvalue weighted by molar-refractivity contribution is 7.47. The number of aliphatic hydroxyl groups is 1. The van der Waals surface area contributed by atoms with Gasteiger partial charge in [-0.15, -0.1) is 0 Å². The molecule has 0 saturated carbocycles. The molecule has 0 aliphatic rings. The minimum absolute atomic E-state index is 0.104. The number of ether oxygens (including phenoxy) is 4. The van der Waals surface area contributed by atoms with Crippen LogP contribution in [0.1, 0.15) is 357 Å². The smallest absolute Gasteiger partial charge is 0.462 e. The Hall–Kier alpha value is -1.94. The molecule has 0 aromatic carbocycles. The van der Waals surface area contributed by atoms with Crippen molar-refractivity contribution in [2.24, 2.45) is 23.7 Å². The number of unbranched alkanes of at least 4 members (excludes halogenated alkanes) is 34. The Kier molecular flexibility index (Phi) is 60.3. The van der Waals surface area contributed by atoms with Crippen LogP contribution in [0, 0.1) is 23.7 Å². The lowest BCUT2D eigenvalue weighted by molar-refractivity contribution is -0.161. The molecule has 0 aliphatic heterocycles. The molecule has 0 rings (SSSR count). The largest absolute Gasteiger partial charge is 0.472 e. The molecule has 17 nitrogen and oxygen atoms in total. The van der Waals surface area contributed by atoms with Gasteiger partial charge in [0.25, 0.3) is 0 Å². The van der Waals surface area contributed by atoms with Crippen molar-refractivity contribution in [3.8, 4) is 0 Å². The van der Waals surface area contributed by atoms with Gasteiger partial charge in [0.1, 0.15) is 19.3 Å². The van der Waals surface area contributed by atoms with Crippen LogP contribution in [-0.4, -0.2) is 96.7 Å². The highest BCUT2D eigenvalue weighted by Crippen LogP contribution is 2.45. The highest BCUT2D eigenvalue weighted by Gasteiger charge is 2.30. The fourth-order valence-electron chi connectivity index (χ4n) is 10.8. The van der Waals surface area contributed by atoms with Crippen molar-refractivity contribution in [2.45, 2.75) is 375 Å². The Morgan fingerprint density at radius 1 is 0.308 bits per heavy atom. The number of phosphoric ester groups is 2. The predicted molar refractivity (Wildman–Crippen MR) is 367 cm³/mol. The maximum Gasteiger partial charge on any atom is 0.472 e. The maximum absolute atomic E-state index is 13.0. The molecule has 0 heterocycles. The number of carbonyl (C=O) groups is 4. The van der Waals surface area contributed by atoms with Crippen molar-refractivity contribution >= 4 is 39.5 Å². The van der Waals surface area contributed by atoms with Crippen LogP contribution in [0.4, 0.5) is 0 Å². The minimum Gasteiger partial charge on any atom is -0.462 e. The zero-order valence-corrected chi connectivity index (χ0v) is 61.3. The summed E-state index contributed by atoms with van der Waals surface area (Å²) in [6, 6.07) is 0. The molecule has 0 aliphatic carbocycles. The molecule has 0 aromatic rings. The number of rotatable bonds is 69. The van der Waals surface area contributed by atoms with Crippen LogP contribution >= 0.6 is 15.6 Å². The number of esters is 4. The lowest BCUT2D eigenvalue weighted by atomic mass is 10.00. The molecule has 0 aromatic heterocycles. The second-order valence-corrected chi connectivity index (χ2v) is 30.6. The van der Waals surface area contributed by atoms with Gasteiger partial charge in [-0.2, -0.15) is 0 Å². The van der Waals surface area contributed by atoms with Crippen molar-refractivity contribution in [3.05, 3.63) is 0 Å². The third-order valence-electron chi connectivity index (χ3n) is 16.9. The molecule has 540 valence electrons. The average molecular weight is 1340 g/mol. The summed E-state index contributed by atoms with van der Waals surface area (Å²) in [4.78, 5) is 72.6. The first-order valence-electron chi connectivity index (χ1n) is 37.2. The van der Waals surface area contributed by atoms with Crippen LogP contribution in [0.5, 0.6) is 0 Å². The Morgan fingerprint density at radius 3 is 0.780 bits per heavy atom. The summed E-state index contributed by atoms with van der Waals surface area (Å²) in [5.74, 6) is 0.886. The normalized spacial score (nSPS) is 14.5. The van der Waals surface area contributed by atoms with Gasteiger partial charge in [-0.1, -0.05) is 306 Å². The summed E-state index contributed by atoms with van der Waals surface area (Å²) < 4.78 is 68.4. The summed E-state index contributed by atoms with van der Waals surface area (Å²) in [6.07, 6.45) is 44.4. The van der Waals surface area contributed by atoms with Gasteiger partial charge in [-0.05, 0) is 49.4 Å². The van der Waals surface area contributed by atoms with E-state index in [4.69, 9.17) is 37.0 Å². The lowest BCUT2D eigenvalue weighted by Gasteiger charge is -2.21. The summed E-state index contributed by atoms with van der Waals surface area (Å²) in [5.41, 5.74) is 0. The second-order valence-electron chi connectivity index (χ2n) is 27.6. The van der Waals surface area contributed by atoms with Gasteiger partial charge in [0.2, 0.25) is 0 Å². The van der Waals surface area contributed by atoms with E-state index in [2.05, 4.69) is 55.4 Å². The van der Waals surface area contributed by atoms with Crippen LogP contribution in [-0.2, 0) is 65.4 Å². The monoisotopic (exact) mass is 1340 g/mol. The van der Waals surface area contributed by atoms with E-state index >= 15 is 0 Å². The zero-order valence-electron chi connectivity index (χ0n) is 59.5. The van der Waals surface area contributed by atoms with Gasteiger partial charge < -0.3 is 33.8 Å². The highest BCUT2D eigenvalue weighted by atomic mass is 31.2. The third-order valence-corrected chi connectivity index (χ3v) is 18.8. The van der Waals surface area contributed by atoms with Gasteiger partial charge in [-0.25, -0.2) is 9.13 Å². The van der Waals surface area contributed by atoms with Crippen LogP contribution in [0.15, 0.2) is 0 Å². The molecule has 3 unspecified atom stereocenters. The molecule has 0 bridgehead atoms. The summed E-state index contributed by atoms with van der Waals surface area (Å²) in [6.45, 7) is 14.1. The summed E-state index contributed by atoms with van der Waals surface area (Å²) in [5, 5.41) is 10.6. The number of aliphatic hydroxyl groups excluding tert-OH is 1. The number of hydrogen-bond acceptors (Lipinski definition) is 15. The number of carbonyl (C=O) groups excluding carboxylic acids is 4. The Balaban J connectivity index is 5.26. The molecule has 0 fully saturated rings. The van der Waals surface area contributed by atoms with E-state index in [-0.39, 0.29) is 25.7 Å². The van der Waals surface area contributed by atoms with E-state index in [1.807, 2.05) is 0 Å². The van der Waals surface area contributed by atoms with Gasteiger partial charge in [0.05, 0.1) is 26.4 Å². The van der Waals surface area contributed by atoms with E-state index < -0.39 is 97.5 Å². The fourth-order valence-corrected chi connectivity index (χ4v) is 12.4. The van der Waals surface area contributed by atoms with Crippen molar-refractivity contribution in [1.82, 2.24) is 0 Å². The van der Waals surface area contributed by atoms with E-state index in [1.165, 1.54) is 154 Å². The molecule has 19 heteroatoms. The van der Waals surface area contributed by atoms with Crippen LogP contribution < -0.4 is 0 Å². The zero-order chi connectivity index (χ0) is 67.5. The van der Waals surface area contributed by atoms with Crippen molar-refractivity contribution in [2.75, 3.05) is 39.6 Å². The molecule has 91 heavy (non-hydrogen) atoms. The average Bonchev–Trinajstić information content (AvgIpc) is 3.62. The summed E-state index contributed by atoms with van der Waals surface area (Å²) >= 11 is 0. The maximum atomic E-state index is 13.0. The predicted octanol–water partition coefficient (Wildman–Crippen LogP) is 20.5. The van der Waals surface area contributed by atoms with E-state index in [1.54, 1.807) is 0 Å². The SMILES string of the molecule is CCC(C)CCCCCCCCC(=O)OC[C@H](COP(=O)(O)OC[C@H](O)COP(=O)(O)OC[C@@H](COC(=O)CCCCCCCCCCCC(C)C)OC(=O)CCCCCCCCCCCCCCCC(C)C)OC(=O)CCCCCCCCCCCCC(C)C. The number of hydrogen-bond donors (Lipinski definition) is 3. The van der Waals surface area contributed by atoms with Gasteiger partial charge in [-0.3, -0.25) is 37.3 Å².